The van der Waals surface area contributed by atoms with Crippen LogP contribution in [-0.4, -0.2) is 18.3 Å². The van der Waals surface area contributed by atoms with E-state index in [1.54, 1.807) is 19.2 Å². The zero-order chi connectivity index (χ0) is 17.8. The number of fused-ring (bicyclic) bond motifs is 1. The van der Waals surface area contributed by atoms with Gasteiger partial charge in [0.25, 0.3) is 0 Å². The van der Waals surface area contributed by atoms with Gasteiger partial charge in [0.05, 0.1) is 24.6 Å². The summed E-state index contributed by atoms with van der Waals surface area (Å²) in [4.78, 5) is 23.9. The number of hydrogen-bond acceptors (Lipinski definition) is 5. The monoisotopic (exact) mass is 341 g/mol. The minimum atomic E-state index is -0.642. The van der Waals surface area contributed by atoms with E-state index in [1.807, 2.05) is 37.3 Å². The van der Waals surface area contributed by atoms with Crippen LogP contribution in [0.1, 0.15) is 12.0 Å². The van der Waals surface area contributed by atoms with E-state index in [4.69, 9.17) is 13.9 Å². The molecule has 25 heavy (non-hydrogen) atoms. The predicted molar refractivity (Wildman–Crippen MR) is 94.6 cm³/mol. The second kappa shape index (κ2) is 7.25. The second-order valence-electron chi connectivity index (χ2n) is 5.66. The van der Waals surface area contributed by atoms with Crippen molar-refractivity contribution < 1.29 is 13.9 Å². The standard InChI is InChI=1S/C19H19NO5/c1-13-5-3-6-16-17(13)20(19(22)25-18(16)21)11-4-12-24-15-9-7-14(23-2)8-10-15/h3,5-10H,4,11-12H2,1-2H3. The second-order valence-corrected chi connectivity index (χ2v) is 5.66. The normalized spacial score (nSPS) is 10.8. The molecule has 130 valence electrons. The number of aryl methyl sites for hydroxylation is 2. The van der Waals surface area contributed by atoms with Crippen molar-refractivity contribution in [2.75, 3.05) is 13.7 Å². The Hall–Kier alpha value is -3.02. The summed E-state index contributed by atoms with van der Waals surface area (Å²) in [6.07, 6.45) is 0.600. The van der Waals surface area contributed by atoms with Gasteiger partial charge in [0.1, 0.15) is 11.5 Å². The maximum absolute atomic E-state index is 12.1. The number of para-hydroxylation sites is 1. The molecule has 0 aliphatic carbocycles. The lowest BCUT2D eigenvalue weighted by Gasteiger charge is -2.11. The Balaban J connectivity index is 1.73. The van der Waals surface area contributed by atoms with Crippen LogP contribution < -0.4 is 20.9 Å². The lowest BCUT2D eigenvalue weighted by molar-refractivity contribution is 0.296. The highest BCUT2D eigenvalue weighted by Crippen LogP contribution is 2.17. The number of ether oxygens (including phenoxy) is 2. The molecular formula is C19H19NO5. The van der Waals surface area contributed by atoms with Gasteiger partial charge in [-0.2, -0.15) is 0 Å². The van der Waals surface area contributed by atoms with Crippen LogP contribution in [0.15, 0.2) is 56.5 Å². The summed E-state index contributed by atoms with van der Waals surface area (Å²) in [6.45, 7) is 2.71. The summed E-state index contributed by atoms with van der Waals surface area (Å²) in [7, 11) is 1.61. The average Bonchev–Trinajstić information content (AvgIpc) is 2.62. The van der Waals surface area contributed by atoms with E-state index >= 15 is 0 Å². The molecule has 6 nitrogen and oxygen atoms in total. The molecule has 0 saturated carbocycles. The van der Waals surface area contributed by atoms with Crippen molar-refractivity contribution in [1.82, 2.24) is 4.57 Å². The summed E-state index contributed by atoms with van der Waals surface area (Å²) >= 11 is 0. The van der Waals surface area contributed by atoms with Gasteiger partial charge in [-0.1, -0.05) is 12.1 Å². The first-order chi connectivity index (χ1) is 12.1. The number of methoxy groups -OCH3 is 1. The molecule has 0 bridgehead atoms. The van der Waals surface area contributed by atoms with Gasteiger partial charge < -0.3 is 13.9 Å². The summed E-state index contributed by atoms with van der Waals surface area (Å²) < 4.78 is 17.1. The molecule has 0 radical (unpaired) electrons. The minimum Gasteiger partial charge on any atom is -0.497 e. The highest BCUT2D eigenvalue weighted by Gasteiger charge is 2.11. The van der Waals surface area contributed by atoms with Crippen molar-refractivity contribution in [2.45, 2.75) is 19.9 Å². The van der Waals surface area contributed by atoms with Crippen LogP contribution in [0.5, 0.6) is 11.5 Å². The van der Waals surface area contributed by atoms with E-state index in [9.17, 15) is 9.59 Å². The van der Waals surface area contributed by atoms with Gasteiger partial charge in [0.2, 0.25) is 0 Å². The molecular weight excluding hydrogens is 322 g/mol. The average molecular weight is 341 g/mol. The molecule has 0 unspecified atom stereocenters. The molecule has 2 aromatic carbocycles. The van der Waals surface area contributed by atoms with E-state index < -0.39 is 11.4 Å². The molecule has 6 heteroatoms. The van der Waals surface area contributed by atoms with E-state index in [-0.39, 0.29) is 0 Å². The van der Waals surface area contributed by atoms with Crippen molar-refractivity contribution in [1.29, 1.82) is 0 Å². The number of rotatable bonds is 6. The molecule has 0 amide bonds. The van der Waals surface area contributed by atoms with Gasteiger partial charge in [-0.25, -0.2) is 9.59 Å². The Bertz CT molecular complexity index is 985. The Labute approximate surface area is 144 Å². The van der Waals surface area contributed by atoms with E-state index in [2.05, 4.69) is 0 Å². The summed E-state index contributed by atoms with van der Waals surface area (Å²) in [5, 5.41) is 0.413. The largest absolute Gasteiger partial charge is 0.497 e. The van der Waals surface area contributed by atoms with Gasteiger partial charge >= 0.3 is 11.4 Å². The molecule has 0 fully saturated rings. The SMILES string of the molecule is COc1ccc(OCCCn2c(=O)oc(=O)c3cccc(C)c32)cc1. The number of hydrogen-bond donors (Lipinski definition) is 0. The molecule has 3 rings (SSSR count). The Morgan fingerprint density at radius 1 is 1.04 bits per heavy atom. The summed E-state index contributed by atoms with van der Waals surface area (Å²) in [5.41, 5.74) is 0.876. The maximum Gasteiger partial charge on any atom is 0.422 e. The fourth-order valence-corrected chi connectivity index (χ4v) is 2.75. The molecule has 3 aromatic rings. The van der Waals surface area contributed by atoms with Crippen LogP contribution in [0.3, 0.4) is 0 Å². The van der Waals surface area contributed by atoms with Crippen molar-refractivity contribution in [3.63, 3.8) is 0 Å². The van der Waals surface area contributed by atoms with Crippen molar-refractivity contribution in [2.24, 2.45) is 0 Å². The third-order valence-corrected chi connectivity index (χ3v) is 3.98. The van der Waals surface area contributed by atoms with E-state index in [0.29, 0.717) is 30.5 Å². The summed E-state index contributed by atoms with van der Waals surface area (Å²) in [6, 6.07) is 12.6. The third-order valence-electron chi connectivity index (χ3n) is 3.98. The topological polar surface area (TPSA) is 70.7 Å². The minimum absolute atomic E-state index is 0.403. The van der Waals surface area contributed by atoms with Crippen molar-refractivity contribution >= 4 is 10.9 Å². The molecule has 0 saturated heterocycles. The highest BCUT2D eigenvalue weighted by molar-refractivity contribution is 5.80. The van der Waals surface area contributed by atoms with Crippen molar-refractivity contribution in [3.05, 3.63) is 69.0 Å². The van der Waals surface area contributed by atoms with Crippen molar-refractivity contribution in [3.8, 4) is 11.5 Å². The quantitative estimate of drug-likeness (QED) is 0.645. The number of nitrogens with zero attached hydrogens (tertiary/aromatic N) is 1. The Morgan fingerprint density at radius 2 is 1.76 bits per heavy atom. The van der Waals surface area contributed by atoms with Crippen LogP contribution >= 0.6 is 0 Å². The van der Waals surface area contributed by atoms with Crippen LogP contribution in [0.25, 0.3) is 10.9 Å². The van der Waals surface area contributed by atoms with Gasteiger partial charge in [0.15, 0.2) is 0 Å². The van der Waals surface area contributed by atoms with Crippen LogP contribution in [0.2, 0.25) is 0 Å². The zero-order valence-electron chi connectivity index (χ0n) is 14.2. The Morgan fingerprint density at radius 3 is 2.48 bits per heavy atom. The summed E-state index contributed by atoms with van der Waals surface area (Å²) in [5.74, 6) is 0.852. The van der Waals surface area contributed by atoms with Crippen LogP contribution in [-0.2, 0) is 6.54 Å². The van der Waals surface area contributed by atoms with Gasteiger partial charge in [0, 0.05) is 6.54 Å². The van der Waals surface area contributed by atoms with Crippen LogP contribution in [0, 0.1) is 6.92 Å². The molecule has 1 aromatic heterocycles. The number of benzene rings is 2. The smallest absolute Gasteiger partial charge is 0.422 e. The van der Waals surface area contributed by atoms with Gasteiger partial charge in [-0.15, -0.1) is 0 Å². The molecule has 0 atom stereocenters. The molecule has 0 aliphatic rings. The fourth-order valence-electron chi connectivity index (χ4n) is 2.75. The molecule has 0 N–H and O–H groups in total. The predicted octanol–water partition coefficient (Wildman–Crippen LogP) is 2.74. The first kappa shape index (κ1) is 16.8. The molecule has 0 aliphatic heterocycles. The molecule has 0 spiro atoms. The van der Waals surface area contributed by atoms with Gasteiger partial charge in [-0.05, 0) is 49.2 Å². The maximum atomic E-state index is 12.1. The molecule has 1 heterocycles. The van der Waals surface area contributed by atoms with Crippen LogP contribution in [0.4, 0.5) is 0 Å². The van der Waals surface area contributed by atoms with Gasteiger partial charge in [-0.3, -0.25) is 4.57 Å². The Kier molecular flexibility index (Phi) is 4.88. The first-order valence-corrected chi connectivity index (χ1v) is 8.00. The number of aromatic nitrogens is 1. The lowest BCUT2D eigenvalue weighted by atomic mass is 10.1. The highest BCUT2D eigenvalue weighted by atomic mass is 16.5. The fraction of sp³-hybridized carbons (Fsp3) is 0.263. The van der Waals surface area contributed by atoms with E-state index in [0.717, 1.165) is 17.1 Å². The van der Waals surface area contributed by atoms with E-state index in [1.165, 1.54) is 4.57 Å². The lowest BCUT2D eigenvalue weighted by Crippen LogP contribution is -2.26. The third kappa shape index (κ3) is 3.57. The zero-order valence-corrected chi connectivity index (χ0v) is 14.2. The first-order valence-electron chi connectivity index (χ1n) is 8.00.